The Morgan fingerprint density at radius 3 is 2.48 bits per heavy atom. The van der Waals surface area contributed by atoms with Crippen LogP contribution >= 0.6 is 12.4 Å². The molecule has 4 aromatic rings. The Kier molecular flexibility index (Phi) is 6.37. The summed E-state index contributed by atoms with van der Waals surface area (Å²) in [6.07, 6.45) is 6.88. The van der Waals surface area contributed by atoms with E-state index >= 15 is 0 Å². The molecule has 1 amide bonds. The third kappa shape index (κ3) is 4.71. The fourth-order valence-electron chi connectivity index (χ4n) is 4.34. The number of anilines is 2. The van der Waals surface area contributed by atoms with E-state index < -0.39 is 0 Å². The van der Waals surface area contributed by atoms with Crippen molar-refractivity contribution >= 4 is 40.6 Å². The molecule has 1 N–H and O–H groups in total. The molecule has 4 heterocycles. The fraction of sp³-hybridized carbons (Fsp3) is 0.333. The minimum Gasteiger partial charge on any atom is -0.444 e. The number of oxazole rings is 1. The van der Waals surface area contributed by atoms with Gasteiger partial charge < -0.3 is 14.6 Å². The number of aryl methyl sites for hydroxylation is 3. The van der Waals surface area contributed by atoms with Crippen molar-refractivity contribution in [2.45, 2.75) is 33.1 Å². The molecule has 0 unspecified atom stereocenters. The summed E-state index contributed by atoms with van der Waals surface area (Å²) in [5.74, 6) is 0.103. The molecular weight excluding hydrogens is 440 g/mol. The molecule has 5 rings (SSSR count). The minimum absolute atomic E-state index is 0. The number of amides is 1. The number of hydrogen-bond acceptors (Lipinski definition) is 6. The molecular formula is C24H27ClN6O2. The highest BCUT2D eigenvalue weighted by atomic mass is 35.5. The molecule has 0 atom stereocenters. The van der Waals surface area contributed by atoms with E-state index in [1.165, 1.54) is 12.7 Å². The number of piperidine rings is 1. The standard InChI is InChI=1S/C24H26N6O2.ClH/c1-15-9-17(10-16(2)25-15)24-27-21(14-32-24)23(31)26-20-11-18-13-29(3)28-19(18)12-22(20)30-7-5-4-6-8-30;/h9-14H,4-8H2,1-3H3,(H,26,31);1H. The Hall–Kier alpha value is -3.39. The molecule has 1 aliphatic rings. The maximum atomic E-state index is 13.1. The number of nitrogens with one attached hydrogen (secondary N) is 1. The van der Waals surface area contributed by atoms with Crippen LogP contribution in [0.4, 0.5) is 11.4 Å². The molecule has 0 aliphatic carbocycles. The molecule has 1 aromatic carbocycles. The summed E-state index contributed by atoms with van der Waals surface area (Å²) >= 11 is 0. The predicted octanol–water partition coefficient (Wildman–Crippen LogP) is 4.90. The minimum atomic E-state index is -0.302. The van der Waals surface area contributed by atoms with Crippen molar-refractivity contribution < 1.29 is 9.21 Å². The summed E-state index contributed by atoms with van der Waals surface area (Å²) in [5, 5.41) is 8.58. The Morgan fingerprint density at radius 2 is 1.76 bits per heavy atom. The molecule has 172 valence electrons. The molecule has 1 saturated heterocycles. The maximum absolute atomic E-state index is 13.1. The van der Waals surface area contributed by atoms with Gasteiger partial charge in [-0.15, -0.1) is 12.4 Å². The Bertz CT molecular complexity index is 1290. The van der Waals surface area contributed by atoms with E-state index in [-0.39, 0.29) is 24.0 Å². The van der Waals surface area contributed by atoms with E-state index in [0.717, 1.165) is 65.2 Å². The summed E-state index contributed by atoms with van der Waals surface area (Å²) in [5.41, 5.74) is 5.47. The van der Waals surface area contributed by atoms with E-state index in [9.17, 15) is 4.79 Å². The third-order valence-electron chi connectivity index (χ3n) is 5.75. The molecule has 0 spiro atoms. The van der Waals surface area contributed by atoms with Crippen molar-refractivity contribution in [1.29, 1.82) is 0 Å². The molecule has 1 fully saturated rings. The van der Waals surface area contributed by atoms with Crippen LogP contribution in [0.1, 0.15) is 41.1 Å². The first-order chi connectivity index (χ1) is 15.5. The van der Waals surface area contributed by atoms with Crippen LogP contribution in [-0.4, -0.2) is 38.7 Å². The van der Waals surface area contributed by atoms with E-state index in [2.05, 4.69) is 31.3 Å². The van der Waals surface area contributed by atoms with Crippen LogP contribution in [-0.2, 0) is 7.05 Å². The number of benzene rings is 1. The van der Waals surface area contributed by atoms with E-state index in [1.54, 1.807) is 4.68 Å². The highest BCUT2D eigenvalue weighted by Crippen LogP contribution is 2.33. The molecule has 9 heteroatoms. The number of rotatable bonds is 4. The first-order valence-electron chi connectivity index (χ1n) is 10.9. The number of nitrogens with zero attached hydrogens (tertiary/aromatic N) is 5. The second kappa shape index (κ2) is 9.23. The number of hydrogen-bond donors (Lipinski definition) is 1. The van der Waals surface area contributed by atoms with Crippen LogP contribution in [0.2, 0.25) is 0 Å². The molecule has 3 aromatic heterocycles. The van der Waals surface area contributed by atoms with Crippen molar-refractivity contribution in [3.63, 3.8) is 0 Å². The first kappa shape index (κ1) is 22.8. The van der Waals surface area contributed by atoms with Crippen molar-refractivity contribution in [3.8, 4) is 11.5 Å². The number of pyridine rings is 1. The van der Waals surface area contributed by atoms with Gasteiger partial charge in [-0.25, -0.2) is 4.98 Å². The number of fused-ring (bicyclic) bond motifs is 1. The van der Waals surface area contributed by atoms with Crippen molar-refractivity contribution in [3.05, 3.63) is 53.8 Å². The average molecular weight is 467 g/mol. The normalized spacial score (nSPS) is 13.7. The number of aromatic nitrogens is 4. The van der Waals surface area contributed by atoms with Gasteiger partial charge in [0.25, 0.3) is 5.91 Å². The average Bonchev–Trinajstić information content (AvgIpc) is 3.39. The largest absolute Gasteiger partial charge is 0.444 e. The highest BCUT2D eigenvalue weighted by Gasteiger charge is 2.20. The molecule has 0 radical (unpaired) electrons. The van der Waals surface area contributed by atoms with Crippen molar-refractivity contribution in [1.82, 2.24) is 19.7 Å². The van der Waals surface area contributed by atoms with E-state index in [0.29, 0.717) is 5.89 Å². The van der Waals surface area contributed by atoms with Gasteiger partial charge in [0, 0.05) is 48.7 Å². The lowest BCUT2D eigenvalue weighted by Crippen LogP contribution is -2.30. The first-order valence-corrected chi connectivity index (χ1v) is 10.9. The van der Waals surface area contributed by atoms with E-state index in [4.69, 9.17) is 4.42 Å². The third-order valence-corrected chi connectivity index (χ3v) is 5.75. The van der Waals surface area contributed by atoms with Gasteiger partial charge in [-0.2, -0.15) is 5.10 Å². The van der Waals surface area contributed by atoms with Gasteiger partial charge in [0.1, 0.15) is 6.26 Å². The lowest BCUT2D eigenvalue weighted by atomic mass is 10.1. The Balaban J connectivity index is 0.00000259. The number of carbonyl (C=O) groups is 1. The summed E-state index contributed by atoms with van der Waals surface area (Å²) in [7, 11) is 1.90. The van der Waals surface area contributed by atoms with Crippen LogP contribution < -0.4 is 10.2 Å². The second-order valence-corrected chi connectivity index (χ2v) is 8.41. The Labute approximate surface area is 198 Å². The SMILES string of the molecule is Cc1cc(-c2nc(C(=O)Nc3cc4cn(C)nc4cc3N3CCCCC3)co2)cc(C)n1.Cl. The van der Waals surface area contributed by atoms with Gasteiger partial charge in [-0.1, -0.05) is 0 Å². The van der Waals surface area contributed by atoms with Crippen LogP contribution in [0.25, 0.3) is 22.4 Å². The summed E-state index contributed by atoms with van der Waals surface area (Å²) in [4.78, 5) is 24.2. The Morgan fingerprint density at radius 1 is 1.03 bits per heavy atom. The van der Waals surface area contributed by atoms with Crippen molar-refractivity contribution in [2.24, 2.45) is 7.05 Å². The lowest BCUT2D eigenvalue weighted by Gasteiger charge is -2.30. The topological polar surface area (TPSA) is 89.1 Å². The maximum Gasteiger partial charge on any atom is 0.277 e. The zero-order chi connectivity index (χ0) is 22.2. The van der Waals surface area contributed by atoms with Gasteiger partial charge in [-0.3, -0.25) is 14.5 Å². The monoisotopic (exact) mass is 466 g/mol. The molecule has 0 bridgehead atoms. The summed E-state index contributed by atoms with van der Waals surface area (Å²) < 4.78 is 7.41. The van der Waals surface area contributed by atoms with Gasteiger partial charge in [0.05, 0.1) is 16.9 Å². The van der Waals surface area contributed by atoms with Crippen LogP contribution in [0.15, 0.2) is 41.1 Å². The number of halogens is 1. The van der Waals surface area contributed by atoms with Gasteiger partial charge in [0.15, 0.2) is 5.69 Å². The van der Waals surface area contributed by atoms with Crippen LogP contribution in [0.3, 0.4) is 0 Å². The van der Waals surface area contributed by atoms with Gasteiger partial charge in [0.2, 0.25) is 5.89 Å². The van der Waals surface area contributed by atoms with Crippen molar-refractivity contribution in [2.75, 3.05) is 23.3 Å². The fourth-order valence-corrected chi connectivity index (χ4v) is 4.34. The molecule has 33 heavy (non-hydrogen) atoms. The van der Waals surface area contributed by atoms with E-state index in [1.807, 2.05) is 45.3 Å². The summed E-state index contributed by atoms with van der Waals surface area (Å²) in [6, 6.07) is 7.84. The van der Waals surface area contributed by atoms with Gasteiger partial charge in [-0.05, 0) is 57.4 Å². The summed E-state index contributed by atoms with van der Waals surface area (Å²) in [6.45, 7) is 5.78. The molecule has 8 nitrogen and oxygen atoms in total. The second-order valence-electron chi connectivity index (χ2n) is 8.41. The lowest BCUT2D eigenvalue weighted by molar-refractivity contribution is 0.102. The van der Waals surface area contributed by atoms with Crippen LogP contribution in [0, 0.1) is 13.8 Å². The zero-order valence-electron chi connectivity index (χ0n) is 19.0. The zero-order valence-corrected chi connectivity index (χ0v) is 19.8. The predicted molar refractivity (Wildman–Crippen MR) is 131 cm³/mol. The smallest absolute Gasteiger partial charge is 0.277 e. The van der Waals surface area contributed by atoms with Crippen LogP contribution in [0.5, 0.6) is 0 Å². The molecule has 0 saturated carbocycles. The number of carbonyl (C=O) groups excluding carboxylic acids is 1. The molecule has 1 aliphatic heterocycles. The van der Waals surface area contributed by atoms with Gasteiger partial charge >= 0.3 is 0 Å². The quantitative estimate of drug-likeness (QED) is 0.460. The highest BCUT2D eigenvalue weighted by molar-refractivity contribution is 6.06.